The number of hydrogen-bond donors (Lipinski definition) is 0. The summed E-state index contributed by atoms with van der Waals surface area (Å²) >= 11 is 0. The molecule has 1 rings (SSSR count). The molecule has 3 nitrogen and oxygen atoms in total. The summed E-state index contributed by atoms with van der Waals surface area (Å²) in [5.74, 6) is 1.02. The zero-order valence-corrected chi connectivity index (χ0v) is 11.4. The maximum Gasteiger partial charge on any atom is 0.314 e. The van der Waals surface area contributed by atoms with Gasteiger partial charge >= 0.3 is 5.97 Å². The highest BCUT2D eigenvalue weighted by atomic mass is 16.5. The maximum absolute atomic E-state index is 11.8. The van der Waals surface area contributed by atoms with Crippen LogP contribution in [0.15, 0.2) is 24.3 Å². The van der Waals surface area contributed by atoms with Gasteiger partial charge < -0.3 is 9.47 Å². The molecule has 0 N–H and O–H groups in total. The van der Waals surface area contributed by atoms with Gasteiger partial charge in [0.05, 0.1) is 13.0 Å². The third-order valence-corrected chi connectivity index (χ3v) is 2.79. The minimum Gasteiger partial charge on any atom is -0.497 e. The van der Waals surface area contributed by atoms with E-state index in [1.807, 2.05) is 39.0 Å². The van der Waals surface area contributed by atoms with Crippen molar-refractivity contribution in [3.05, 3.63) is 29.8 Å². The monoisotopic (exact) mass is 248 g/mol. The van der Waals surface area contributed by atoms with Gasteiger partial charge in [-0.05, 0) is 31.5 Å². The first-order chi connectivity index (χ1) is 8.62. The van der Waals surface area contributed by atoms with Gasteiger partial charge in [-0.25, -0.2) is 0 Å². The number of carbonyl (C=O) groups is 1. The van der Waals surface area contributed by atoms with E-state index in [-0.39, 0.29) is 11.9 Å². The standard InChI is InChI=1S/C15H20O3/c1-5-7-12-10-13(17-4)8-9-14(12)18-15(16)11(3)6-2/h5,7-11H,6H2,1-4H3/b7-5-. The van der Waals surface area contributed by atoms with Crippen molar-refractivity contribution in [1.82, 2.24) is 0 Å². The molecule has 18 heavy (non-hydrogen) atoms. The first-order valence-corrected chi connectivity index (χ1v) is 6.14. The Balaban J connectivity index is 2.97. The molecule has 0 fully saturated rings. The van der Waals surface area contributed by atoms with E-state index in [4.69, 9.17) is 9.47 Å². The number of carbonyl (C=O) groups excluding carboxylic acids is 1. The first kappa shape index (κ1) is 14.3. The number of allylic oxidation sites excluding steroid dienone is 1. The number of hydrogen-bond acceptors (Lipinski definition) is 3. The van der Waals surface area contributed by atoms with Crippen LogP contribution in [-0.2, 0) is 4.79 Å². The Kier molecular flexibility index (Phi) is 5.43. The third kappa shape index (κ3) is 3.62. The lowest BCUT2D eigenvalue weighted by atomic mass is 10.1. The molecule has 0 aliphatic carbocycles. The van der Waals surface area contributed by atoms with Crippen molar-refractivity contribution in [2.75, 3.05) is 7.11 Å². The fraction of sp³-hybridized carbons (Fsp3) is 0.400. The van der Waals surface area contributed by atoms with Gasteiger partial charge in [-0.1, -0.05) is 26.0 Å². The highest BCUT2D eigenvalue weighted by molar-refractivity contribution is 5.76. The lowest BCUT2D eigenvalue weighted by Gasteiger charge is -2.12. The minimum absolute atomic E-state index is 0.0921. The summed E-state index contributed by atoms with van der Waals surface area (Å²) in [6.45, 7) is 5.74. The summed E-state index contributed by atoms with van der Waals surface area (Å²) < 4.78 is 10.6. The quantitative estimate of drug-likeness (QED) is 0.589. The summed E-state index contributed by atoms with van der Waals surface area (Å²) in [6, 6.07) is 5.39. The van der Waals surface area contributed by atoms with Gasteiger partial charge in [0.25, 0.3) is 0 Å². The summed E-state index contributed by atoms with van der Waals surface area (Å²) in [7, 11) is 1.61. The van der Waals surface area contributed by atoms with Crippen LogP contribution in [0, 0.1) is 5.92 Å². The highest BCUT2D eigenvalue weighted by Crippen LogP contribution is 2.26. The molecule has 0 aromatic heterocycles. The molecule has 1 atom stereocenters. The average molecular weight is 248 g/mol. The summed E-state index contributed by atoms with van der Waals surface area (Å²) in [5.41, 5.74) is 0.841. The Morgan fingerprint density at radius 3 is 2.72 bits per heavy atom. The van der Waals surface area contributed by atoms with Gasteiger partial charge in [0.2, 0.25) is 0 Å². The van der Waals surface area contributed by atoms with Crippen LogP contribution in [0.4, 0.5) is 0 Å². The summed E-state index contributed by atoms with van der Waals surface area (Å²) in [6.07, 6.45) is 4.56. The van der Waals surface area contributed by atoms with Gasteiger partial charge in [0.15, 0.2) is 0 Å². The molecule has 0 spiro atoms. The Morgan fingerprint density at radius 1 is 1.44 bits per heavy atom. The van der Waals surface area contributed by atoms with Crippen LogP contribution in [0.1, 0.15) is 32.8 Å². The normalized spacial score (nSPS) is 12.4. The smallest absolute Gasteiger partial charge is 0.314 e. The van der Waals surface area contributed by atoms with E-state index in [1.165, 1.54) is 0 Å². The van der Waals surface area contributed by atoms with Gasteiger partial charge in [-0.3, -0.25) is 4.79 Å². The molecule has 0 amide bonds. The minimum atomic E-state index is -0.201. The van der Waals surface area contributed by atoms with Gasteiger partial charge in [-0.2, -0.15) is 0 Å². The van der Waals surface area contributed by atoms with Gasteiger partial charge in [-0.15, -0.1) is 0 Å². The van der Waals surface area contributed by atoms with Crippen molar-refractivity contribution in [3.63, 3.8) is 0 Å². The van der Waals surface area contributed by atoms with E-state index in [0.717, 1.165) is 17.7 Å². The van der Waals surface area contributed by atoms with Crippen molar-refractivity contribution in [1.29, 1.82) is 0 Å². The van der Waals surface area contributed by atoms with E-state index in [9.17, 15) is 4.79 Å². The second-order valence-corrected chi connectivity index (χ2v) is 4.13. The average Bonchev–Trinajstić information content (AvgIpc) is 2.39. The number of ether oxygens (including phenoxy) is 2. The maximum atomic E-state index is 11.8. The van der Waals surface area contributed by atoms with Crippen LogP contribution in [0.5, 0.6) is 11.5 Å². The van der Waals surface area contributed by atoms with E-state index in [2.05, 4.69) is 0 Å². The predicted octanol–water partition coefficient (Wildman–Crippen LogP) is 3.68. The van der Waals surface area contributed by atoms with E-state index < -0.39 is 0 Å². The Morgan fingerprint density at radius 2 is 2.17 bits per heavy atom. The molecule has 0 saturated heterocycles. The molecule has 1 aromatic rings. The molecular formula is C15H20O3. The molecule has 0 aliphatic rings. The van der Waals surface area contributed by atoms with Crippen molar-refractivity contribution in [2.24, 2.45) is 5.92 Å². The van der Waals surface area contributed by atoms with Crippen LogP contribution in [0.2, 0.25) is 0 Å². The second kappa shape index (κ2) is 6.84. The molecule has 0 bridgehead atoms. The fourth-order valence-electron chi connectivity index (χ4n) is 1.43. The van der Waals surface area contributed by atoms with Crippen LogP contribution < -0.4 is 9.47 Å². The lowest BCUT2D eigenvalue weighted by molar-refractivity contribution is -0.138. The first-order valence-electron chi connectivity index (χ1n) is 6.14. The van der Waals surface area contributed by atoms with E-state index >= 15 is 0 Å². The topological polar surface area (TPSA) is 35.5 Å². The van der Waals surface area contributed by atoms with E-state index in [0.29, 0.717) is 5.75 Å². The summed E-state index contributed by atoms with van der Waals surface area (Å²) in [4.78, 5) is 11.8. The number of methoxy groups -OCH3 is 1. The fourth-order valence-corrected chi connectivity index (χ4v) is 1.43. The van der Waals surface area contributed by atoms with Gasteiger partial charge in [0.1, 0.15) is 11.5 Å². The largest absolute Gasteiger partial charge is 0.497 e. The van der Waals surface area contributed by atoms with Crippen molar-refractivity contribution < 1.29 is 14.3 Å². The molecule has 0 aliphatic heterocycles. The zero-order valence-electron chi connectivity index (χ0n) is 11.4. The summed E-state index contributed by atoms with van der Waals surface area (Å²) in [5, 5.41) is 0. The molecular weight excluding hydrogens is 228 g/mol. The second-order valence-electron chi connectivity index (χ2n) is 4.13. The highest BCUT2D eigenvalue weighted by Gasteiger charge is 2.14. The predicted molar refractivity (Wildman–Crippen MR) is 72.8 cm³/mol. The SMILES string of the molecule is C/C=C\c1cc(OC)ccc1OC(=O)C(C)CC. The third-order valence-electron chi connectivity index (χ3n) is 2.79. The Labute approximate surface area is 108 Å². The molecule has 1 unspecified atom stereocenters. The van der Waals surface area contributed by atoms with Crippen molar-refractivity contribution >= 4 is 12.0 Å². The van der Waals surface area contributed by atoms with E-state index in [1.54, 1.807) is 19.2 Å². The molecule has 0 radical (unpaired) electrons. The van der Waals surface area contributed by atoms with Crippen LogP contribution in [0.3, 0.4) is 0 Å². The molecule has 1 aromatic carbocycles. The van der Waals surface area contributed by atoms with Crippen molar-refractivity contribution in [2.45, 2.75) is 27.2 Å². The van der Waals surface area contributed by atoms with Crippen LogP contribution >= 0.6 is 0 Å². The number of benzene rings is 1. The van der Waals surface area contributed by atoms with Gasteiger partial charge in [0, 0.05) is 5.56 Å². The van der Waals surface area contributed by atoms with Crippen LogP contribution in [-0.4, -0.2) is 13.1 Å². The zero-order chi connectivity index (χ0) is 13.5. The van der Waals surface area contributed by atoms with Crippen molar-refractivity contribution in [3.8, 4) is 11.5 Å². The van der Waals surface area contributed by atoms with Crippen LogP contribution in [0.25, 0.3) is 6.08 Å². The lowest BCUT2D eigenvalue weighted by Crippen LogP contribution is -2.17. The molecule has 0 heterocycles. The Hall–Kier alpha value is -1.77. The molecule has 3 heteroatoms. The molecule has 0 saturated carbocycles. The number of rotatable bonds is 5. The molecule has 98 valence electrons. The number of esters is 1. The Bertz CT molecular complexity index is 435.